The number of aliphatic hydroxyl groups is 1. The third kappa shape index (κ3) is 4.81. The molecule has 0 aromatic rings. The zero-order valence-corrected chi connectivity index (χ0v) is 11.0. The minimum absolute atomic E-state index is 0.146. The van der Waals surface area contributed by atoms with Gasteiger partial charge in [0, 0.05) is 26.3 Å². The van der Waals surface area contributed by atoms with Crippen LogP contribution in [-0.4, -0.2) is 37.5 Å². The molecular formula is C13H27NO2. The zero-order chi connectivity index (χ0) is 12.0. The second kappa shape index (κ2) is 6.58. The Balaban J connectivity index is 2.26. The van der Waals surface area contributed by atoms with Gasteiger partial charge in [-0.2, -0.15) is 0 Å². The number of hydrogen-bond acceptors (Lipinski definition) is 3. The van der Waals surface area contributed by atoms with E-state index in [9.17, 15) is 5.11 Å². The molecular weight excluding hydrogens is 202 g/mol. The predicted octanol–water partition coefficient (Wildman–Crippen LogP) is 1.94. The summed E-state index contributed by atoms with van der Waals surface area (Å²) in [5.41, 5.74) is 0.243. The monoisotopic (exact) mass is 229 g/mol. The number of hydrogen-bond donors (Lipinski definition) is 2. The highest BCUT2D eigenvalue weighted by molar-refractivity contribution is 4.83. The summed E-state index contributed by atoms with van der Waals surface area (Å²) in [6.07, 6.45) is 5.39. The maximum Gasteiger partial charge on any atom is 0.0693 e. The van der Waals surface area contributed by atoms with Crippen LogP contribution in [-0.2, 0) is 4.74 Å². The third-order valence-electron chi connectivity index (χ3n) is 3.56. The molecule has 0 radical (unpaired) electrons. The number of rotatable bonds is 6. The van der Waals surface area contributed by atoms with Gasteiger partial charge in [0.15, 0.2) is 0 Å². The Bertz CT molecular complexity index is 194. The van der Waals surface area contributed by atoms with Crippen LogP contribution in [0, 0.1) is 5.41 Å². The summed E-state index contributed by atoms with van der Waals surface area (Å²) in [5.74, 6) is 0. The summed E-state index contributed by atoms with van der Waals surface area (Å²) in [6.45, 7) is 6.25. The van der Waals surface area contributed by atoms with Gasteiger partial charge in [-0.1, -0.05) is 26.7 Å². The van der Waals surface area contributed by atoms with Crippen molar-refractivity contribution in [1.29, 1.82) is 0 Å². The van der Waals surface area contributed by atoms with Crippen LogP contribution >= 0.6 is 0 Å². The molecule has 0 saturated heterocycles. The van der Waals surface area contributed by atoms with Gasteiger partial charge < -0.3 is 15.2 Å². The van der Waals surface area contributed by atoms with E-state index in [2.05, 4.69) is 19.2 Å². The topological polar surface area (TPSA) is 41.5 Å². The summed E-state index contributed by atoms with van der Waals surface area (Å²) in [7, 11) is 1.74. The van der Waals surface area contributed by atoms with E-state index in [1.165, 1.54) is 12.8 Å². The van der Waals surface area contributed by atoms with Crippen LogP contribution < -0.4 is 5.32 Å². The molecule has 3 heteroatoms. The van der Waals surface area contributed by atoms with Gasteiger partial charge in [-0.05, 0) is 24.7 Å². The highest BCUT2D eigenvalue weighted by atomic mass is 16.5. The number of ether oxygens (including phenoxy) is 1. The first kappa shape index (κ1) is 13.9. The molecule has 1 rings (SSSR count). The Morgan fingerprint density at radius 1 is 1.31 bits per heavy atom. The van der Waals surface area contributed by atoms with Gasteiger partial charge in [0.1, 0.15) is 0 Å². The van der Waals surface area contributed by atoms with Crippen LogP contribution in [0.2, 0.25) is 0 Å². The predicted molar refractivity (Wildman–Crippen MR) is 66.5 cm³/mol. The smallest absolute Gasteiger partial charge is 0.0693 e. The molecule has 1 saturated carbocycles. The Morgan fingerprint density at radius 3 is 2.62 bits per heavy atom. The lowest BCUT2D eigenvalue weighted by Crippen LogP contribution is -2.45. The van der Waals surface area contributed by atoms with E-state index in [4.69, 9.17) is 4.74 Å². The van der Waals surface area contributed by atoms with Crippen molar-refractivity contribution < 1.29 is 9.84 Å². The zero-order valence-electron chi connectivity index (χ0n) is 11.0. The molecule has 3 nitrogen and oxygen atoms in total. The molecule has 1 aliphatic carbocycles. The lowest BCUT2D eigenvalue weighted by Gasteiger charge is -2.33. The summed E-state index contributed by atoms with van der Waals surface area (Å²) in [6, 6.07) is 0.301. The van der Waals surface area contributed by atoms with Crippen LogP contribution in [0.3, 0.4) is 0 Å². The molecule has 0 heterocycles. The fourth-order valence-corrected chi connectivity index (χ4v) is 2.22. The fraction of sp³-hybridized carbons (Fsp3) is 1.00. The van der Waals surface area contributed by atoms with Crippen molar-refractivity contribution in [2.75, 3.05) is 20.3 Å². The molecule has 0 bridgehead atoms. The van der Waals surface area contributed by atoms with Gasteiger partial charge in [0.25, 0.3) is 0 Å². The molecule has 2 atom stereocenters. The summed E-state index contributed by atoms with van der Waals surface area (Å²) in [5, 5.41) is 13.4. The number of methoxy groups -OCH3 is 1. The van der Waals surface area contributed by atoms with Crippen molar-refractivity contribution in [3.05, 3.63) is 0 Å². The van der Waals surface area contributed by atoms with E-state index in [0.29, 0.717) is 6.04 Å². The molecule has 16 heavy (non-hydrogen) atoms. The van der Waals surface area contributed by atoms with E-state index >= 15 is 0 Å². The normalized spacial score (nSPS) is 27.0. The van der Waals surface area contributed by atoms with Crippen molar-refractivity contribution in [2.24, 2.45) is 5.41 Å². The van der Waals surface area contributed by atoms with Crippen LogP contribution in [0.4, 0.5) is 0 Å². The number of aliphatic hydroxyl groups excluding tert-OH is 1. The van der Waals surface area contributed by atoms with Crippen molar-refractivity contribution in [3.8, 4) is 0 Å². The number of nitrogens with one attached hydrogen (secondary N) is 1. The second-order valence-electron chi connectivity index (χ2n) is 5.75. The van der Waals surface area contributed by atoms with Gasteiger partial charge in [0.2, 0.25) is 0 Å². The van der Waals surface area contributed by atoms with Crippen LogP contribution in [0.25, 0.3) is 0 Å². The average Bonchev–Trinajstić information content (AvgIpc) is 2.26. The molecule has 2 N–H and O–H groups in total. The molecule has 0 aromatic carbocycles. The Hall–Kier alpha value is -0.120. The van der Waals surface area contributed by atoms with Crippen molar-refractivity contribution >= 4 is 0 Å². The van der Waals surface area contributed by atoms with E-state index < -0.39 is 0 Å². The highest BCUT2D eigenvalue weighted by Crippen LogP contribution is 2.22. The molecule has 0 amide bonds. The van der Waals surface area contributed by atoms with Crippen LogP contribution in [0.1, 0.15) is 46.0 Å². The van der Waals surface area contributed by atoms with Crippen LogP contribution in [0.5, 0.6) is 0 Å². The lowest BCUT2D eigenvalue weighted by molar-refractivity contribution is 0.0811. The minimum atomic E-state index is -0.146. The van der Waals surface area contributed by atoms with Gasteiger partial charge in [-0.3, -0.25) is 0 Å². The first-order valence-electron chi connectivity index (χ1n) is 6.45. The van der Waals surface area contributed by atoms with E-state index in [0.717, 1.165) is 32.4 Å². The molecule has 96 valence electrons. The standard InChI is InChI=1S/C13H27NO2/c1-13(2,8-9-16-3)10-14-11-6-4-5-7-12(11)15/h11-12,14-15H,4-10H2,1-3H3/t11-,12-/m1/s1. The summed E-state index contributed by atoms with van der Waals surface area (Å²) >= 11 is 0. The van der Waals surface area contributed by atoms with Gasteiger partial charge in [0.05, 0.1) is 6.10 Å². The van der Waals surface area contributed by atoms with Gasteiger partial charge in [-0.25, -0.2) is 0 Å². The summed E-state index contributed by atoms with van der Waals surface area (Å²) in [4.78, 5) is 0. The van der Waals surface area contributed by atoms with Gasteiger partial charge in [-0.15, -0.1) is 0 Å². The average molecular weight is 229 g/mol. The van der Waals surface area contributed by atoms with Crippen LogP contribution in [0.15, 0.2) is 0 Å². The van der Waals surface area contributed by atoms with E-state index in [-0.39, 0.29) is 11.5 Å². The molecule has 0 spiro atoms. The SMILES string of the molecule is COCCC(C)(C)CN[C@@H]1CCCC[C@H]1O. The van der Waals surface area contributed by atoms with E-state index in [1.807, 2.05) is 0 Å². The lowest BCUT2D eigenvalue weighted by atomic mass is 9.87. The Morgan fingerprint density at radius 2 is 2.00 bits per heavy atom. The first-order valence-corrected chi connectivity index (χ1v) is 6.45. The Kier molecular flexibility index (Phi) is 5.73. The fourth-order valence-electron chi connectivity index (χ4n) is 2.22. The molecule has 1 aliphatic rings. The maximum absolute atomic E-state index is 9.85. The van der Waals surface area contributed by atoms with Crippen molar-refractivity contribution in [2.45, 2.75) is 58.1 Å². The maximum atomic E-state index is 9.85. The highest BCUT2D eigenvalue weighted by Gasteiger charge is 2.25. The van der Waals surface area contributed by atoms with Gasteiger partial charge >= 0.3 is 0 Å². The molecule has 0 aliphatic heterocycles. The summed E-state index contributed by atoms with van der Waals surface area (Å²) < 4.78 is 5.11. The van der Waals surface area contributed by atoms with E-state index in [1.54, 1.807) is 7.11 Å². The largest absolute Gasteiger partial charge is 0.392 e. The minimum Gasteiger partial charge on any atom is -0.392 e. The molecule has 0 unspecified atom stereocenters. The third-order valence-corrected chi connectivity index (χ3v) is 3.56. The quantitative estimate of drug-likeness (QED) is 0.731. The van der Waals surface area contributed by atoms with Crippen molar-refractivity contribution in [3.63, 3.8) is 0 Å². The molecule has 1 fully saturated rings. The second-order valence-corrected chi connectivity index (χ2v) is 5.75. The Labute approximate surface area is 99.6 Å². The molecule has 0 aromatic heterocycles. The van der Waals surface area contributed by atoms with Crippen molar-refractivity contribution in [1.82, 2.24) is 5.32 Å². The first-order chi connectivity index (χ1) is 7.55.